The van der Waals surface area contributed by atoms with Gasteiger partial charge in [0, 0.05) is 28.9 Å². The fraction of sp³-hybridized carbons (Fsp3) is 0.200. The van der Waals surface area contributed by atoms with E-state index in [2.05, 4.69) is 14.8 Å². The fourth-order valence-electron chi connectivity index (χ4n) is 2.90. The molecule has 0 unspecified atom stereocenters. The molecule has 10 heteroatoms. The molecule has 4 rings (SSSR count). The highest BCUT2D eigenvalue weighted by molar-refractivity contribution is 7.89. The number of rotatable bonds is 8. The minimum Gasteiger partial charge on any atom is -0.494 e. The monoisotopic (exact) mass is 462 g/mol. The molecule has 0 radical (unpaired) electrons. The van der Waals surface area contributed by atoms with Crippen molar-refractivity contribution >= 4 is 37.9 Å². The summed E-state index contributed by atoms with van der Waals surface area (Å²) in [5.74, 6) is 1.24. The molecule has 0 spiro atoms. The molecule has 156 valence electrons. The van der Waals surface area contributed by atoms with Gasteiger partial charge in [-0.3, -0.25) is 0 Å². The van der Waals surface area contributed by atoms with Gasteiger partial charge in [0.2, 0.25) is 15.0 Å². The Morgan fingerprint density at radius 2 is 1.87 bits per heavy atom. The zero-order valence-corrected chi connectivity index (χ0v) is 18.5. The second-order valence-corrected chi connectivity index (χ2v) is 9.46. The summed E-state index contributed by atoms with van der Waals surface area (Å²) in [6, 6.07) is 13.7. The van der Waals surface area contributed by atoms with Crippen LogP contribution in [0.15, 0.2) is 58.8 Å². The fourth-order valence-corrected chi connectivity index (χ4v) is 4.91. The van der Waals surface area contributed by atoms with E-state index >= 15 is 0 Å². The molecule has 0 saturated heterocycles. The summed E-state index contributed by atoms with van der Waals surface area (Å²) >= 11 is 7.40. The molecule has 0 atom stereocenters. The second kappa shape index (κ2) is 8.73. The third-order valence-corrected chi connectivity index (χ3v) is 6.96. The number of nitrogens with one attached hydrogen (secondary N) is 1. The minimum absolute atomic E-state index is 0.201. The van der Waals surface area contributed by atoms with Gasteiger partial charge in [0.25, 0.3) is 0 Å². The van der Waals surface area contributed by atoms with Crippen molar-refractivity contribution in [3.05, 3.63) is 64.6 Å². The Morgan fingerprint density at radius 3 is 2.57 bits per heavy atom. The molecule has 1 N–H and O–H groups in total. The van der Waals surface area contributed by atoms with Crippen LogP contribution in [0, 0.1) is 0 Å². The number of thiazole rings is 1. The second-order valence-electron chi connectivity index (χ2n) is 6.42. The molecule has 0 aliphatic carbocycles. The molecule has 0 aliphatic heterocycles. The number of benzene rings is 2. The van der Waals surface area contributed by atoms with Crippen molar-refractivity contribution in [3.8, 4) is 17.1 Å². The largest absolute Gasteiger partial charge is 0.494 e. The third kappa shape index (κ3) is 4.49. The van der Waals surface area contributed by atoms with Crippen molar-refractivity contribution in [3.63, 3.8) is 0 Å². The van der Waals surface area contributed by atoms with E-state index in [0.717, 1.165) is 16.2 Å². The molecule has 2 aromatic heterocycles. The maximum absolute atomic E-state index is 12.5. The van der Waals surface area contributed by atoms with Gasteiger partial charge in [-0.15, -0.1) is 16.4 Å². The van der Waals surface area contributed by atoms with Crippen LogP contribution in [0.3, 0.4) is 0 Å². The van der Waals surface area contributed by atoms with Crippen molar-refractivity contribution in [2.75, 3.05) is 13.2 Å². The minimum atomic E-state index is -3.60. The van der Waals surface area contributed by atoms with E-state index in [9.17, 15) is 8.42 Å². The van der Waals surface area contributed by atoms with Crippen molar-refractivity contribution < 1.29 is 13.2 Å². The topological polar surface area (TPSA) is 85.6 Å². The standard InChI is InChI=1S/C20H19ClN4O3S2/c1-2-28-17-7-9-18(10-8-17)30(26,27)22-12-11-16-13-29-20-23-19(24-25(16)20)14-3-5-15(21)6-4-14/h3-10,13,22H,2,11-12H2,1H3. The van der Waals surface area contributed by atoms with Crippen LogP contribution in [0.5, 0.6) is 5.75 Å². The van der Waals surface area contributed by atoms with E-state index in [-0.39, 0.29) is 11.4 Å². The van der Waals surface area contributed by atoms with Gasteiger partial charge in [-0.2, -0.15) is 4.98 Å². The van der Waals surface area contributed by atoms with Gasteiger partial charge >= 0.3 is 0 Å². The summed E-state index contributed by atoms with van der Waals surface area (Å²) < 4.78 is 34.8. The van der Waals surface area contributed by atoms with Gasteiger partial charge in [0.1, 0.15) is 5.75 Å². The Kier molecular flexibility index (Phi) is 6.05. The summed E-state index contributed by atoms with van der Waals surface area (Å²) in [6.45, 7) is 2.65. The Hall–Kier alpha value is -2.46. The predicted molar refractivity (Wildman–Crippen MR) is 118 cm³/mol. The number of sulfonamides is 1. The molecule has 0 aliphatic rings. The van der Waals surface area contributed by atoms with E-state index in [0.29, 0.717) is 29.6 Å². The lowest BCUT2D eigenvalue weighted by Crippen LogP contribution is -2.26. The zero-order valence-electron chi connectivity index (χ0n) is 16.1. The molecule has 30 heavy (non-hydrogen) atoms. The number of hydrogen-bond donors (Lipinski definition) is 1. The molecule has 2 heterocycles. The van der Waals surface area contributed by atoms with E-state index in [1.165, 1.54) is 23.5 Å². The molecular formula is C20H19ClN4O3S2. The molecular weight excluding hydrogens is 444 g/mol. The van der Waals surface area contributed by atoms with Crippen LogP contribution in [-0.2, 0) is 16.4 Å². The highest BCUT2D eigenvalue weighted by Crippen LogP contribution is 2.22. The Balaban J connectivity index is 1.44. The number of ether oxygens (including phenoxy) is 1. The van der Waals surface area contributed by atoms with E-state index in [1.807, 2.05) is 24.4 Å². The number of halogens is 1. The Labute approximate surface area is 183 Å². The smallest absolute Gasteiger partial charge is 0.240 e. The Bertz CT molecular complexity index is 1250. The molecule has 4 aromatic rings. The van der Waals surface area contributed by atoms with Crippen LogP contribution in [0.2, 0.25) is 5.02 Å². The normalized spacial score (nSPS) is 11.8. The average Bonchev–Trinajstić information content (AvgIpc) is 3.31. The van der Waals surface area contributed by atoms with Gasteiger partial charge in [-0.1, -0.05) is 11.6 Å². The van der Waals surface area contributed by atoms with Crippen molar-refractivity contribution in [1.29, 1.82) is 0 Å². The first-order valence-corrected chi connectivity index (χ1v) is 12.0. The van der Waals surface area contributed by atoms with Crippen LogP contribution >= 0.6 is 22.9 Å². The van der Waals surface area contributed by atoms with Gasteiger partial charge in [0.15, 0.2) is 5.82 Å². The van der Waals surface area contributed by atoms with E-state index in [1.54, 1.807) is 28.8 Å². The van der Waals surface area contributed by atoms with E-state index in [4.69, 9.17) is 16.3 Å². The lowest BCUT2D eigenvalue weighted by Gasteiger charge is -2.08. The quantitative estimate of drug-likeness (QED) is 0.427. The summed E-state index contributed by atoms with van der Waals surface area (Å²) in [4.78, 5) is 5.49. The first-order valence-electron chi connectivity index (χ1n) is 9.28. The van der Waals surface area contributed by atoms with Crippen LogP contribution in [0.4, 0.5) is 0 Å². The molecule has 0 saturated carbocycles. The Morgan fingerprint density at radius 1 is 1.13 bits per heavy atom. The predicted octanol–water partition coefficient (Wildman–Crippen LogP) is 4.03. The third-order valence-electron chi connectivity index (χ3n) is 4.37. The molecule has 7 nitrogen and oxygen atoms in total. The first kappa shape index (κ1) is 20.8. The average molecular weight is 463 g/mol. The lowest BCUT2D eigenvalue weighted by atomic mass is 10.2. The SMILES string of the molecule is CCOc1ccc(S(=O)(=O)NCCc2csc3nc(-c4ccc(Cl)cc4)nn23)cc1. The van der Waals surface area contributed by atoms with Crippen LogP contribution in [0.25, 0.3) is 16.3 Å². The van der Waals surface area contributed by atoms with E-state index < -0.39 is 10.0 Å². The molecule has 0 bridgehead atoms. The van der Waals surface area contributed by atoms with Crippen LogP contribution in [-0.4, -0.2) is 36.2 Å². The summed E-state index contributed by atoms with van der Waals surface area (Å²) in [6.07, 6.45) is 0.486. The van der Waals surface area contributed by atoms with Crippen molar-refractivity contribution in [2.45, 2.75) is 18.2 Å². The van der Waals surface area contributed by atoms with Gasteiger partial charge in [-0.25, -0.2) is 17.7 Å². The summed E-state index contributed by atoms with van der Waals surface area (Å²) in [7, 11) is -3.60. The highest BCUT2D eigenvalue weighted by Gasteiger charge is 2.15. The molecule has 0 fully saturated rings. The lowest BCUT2D eigenvalue weighted by molar-refractivity contribution is 0.340. The van der Waals surface area contributed by atoms with Crippen molar-refractivity contribution in [2.24, 2.45) is 0 Å². The molecule has 0 amide bonds. The zero-order chi connectivity index (χ0) is 21.1. The summed E-state index contributed by atoms with van der Waals surface area (Å²) in [5, 5.41) is 7.14. The van der Waals surface area contributed by atoms with Crippen LogP contribution < -0.4 is 9.46 Å². The van der Waals surface area contributed by atoms with Crippen molar-refractivity contribution in [1.82, 2.24) is 19.3 Å². The number of fused-ring (bicyclic) bond motifs is 1. The number of nitrogens with zero attached hydrogens (tertiary/aromatic N) is 3. The number of hydrogen-bond acceptors (Lipinski definition) is 6. The maximum atomic E-state index is 12.5. The first-order chi connectivity index (χ1) is 14.5. The summed E-state index contributed by atoms with van der Waals surface area (Å²) in [5.41, 5.74) is 1.76. The van der Waals surface area contributed by atoms with Crippen LogP contribution in [0.1, 0.15) is 12.6 Å². The highest BCUT2D eigenvalue weighted by atomic mass is 35.5. The molecule has 2 aromatic carbocycles. The van der Waals surface area contributed by atoms with Gasteiger partial charge < -0.3 is 4.74 Å². The maximum Gasteiger partial charge on any atom is 0.240 e. The number of aromatic nitrogens is 3. The van der Waals surface area contributed by atoms with Gasteiger partial charge in [0.05, 0.1) is 17.2 Å². The van der Waals surface area contributed by atoms with Gasteiger partial charge in [-0.05, 0) is 55.5 Å².